The lowest BCUT2D eigenvalue weighted by molar-refractivity contribution is 0.440. The number of rotatable bonds is 1. The number of halogens is 1. The maximum Gasteiger partial charge on any atom is 0.192 e. The molecule has 1 aromatic rings. The predicted molar refractivity (Wildman–Crippen MR) is 49.2 cm³/mol. The number of phenols is 2. The van der Waals surface area contributed by atoms with Crippen molar-refractivity contribution in [3.05, 3.63) is 17.7 Å². The van der Waals surface area contributed by atoms with Crippen molar-refractivity contribution in [2.24, 2.45) is 0 Å². The summed E-state index contributed by atoms with van der Waals surface area (Å²) >= 11 is 1.68. The van der Waals surface area contributed by atoms with Crippen LogP contribution in [0.15, 0.2) is 12.1 Å². The minimum absolute atomic E-state index is 0.0386. The van der Waals surface area contributed by atoms with Crippen molar-refractivity contribution >= 4 is 23.0 Å². The summed E-state index contributed by atoms with van der Waals surface area (Å²) in [6.07, 6.45) is 0. The van der Waals surface area contributed by atoms with Gasteiger partial charge in [-0.2, -0.15) is 0 Å². The average molecular weight is 266 g/mol. The molecular formula is C7H7IO3. The van der Waals surface area contributed by atoms with E-state index in [4.69, 9.17) is 13.3 Å². The summed E-state index contributed by atoms with van der Waals surface area (Å²) in [5.74, 6) is 0.513. The van der Waals surface area contributed by atoms with E-state index in [0.29, 0.717) is 11.3 Å². The Morgan fingerprint density at radius 3 is 2.09 bits per heavy atom. The van der Waals surface area contributed by atoms with Gasteiger partial charge in [-0.15, -0.1) is 0 Å². The molecule has 0 aromatic heterocycles. The van der Waals surface area contributed by atoms with Crippen molar-refractivity contribution in [2.45, 2.75) is 6.92 Å². The van der Waals surface area contributed by atoms with Crippen LogP contribution >= 0.6 is 23.0 Å². The molecule has 0 amide bonds. The summed E-state index contributed by atoms with van der Waals surface area (Å²) in [6.45, 7) is 1.63. The molecule has 1 aromatic carbocycles. The van der Waals surface area contributed by atoms with Gasteiger partial charge in [-0.3, -0.25) is 0 Å². The zero-order valence-electron chi connectivity index (χ0n) is 5.84. The molecule has 60 valence electrons. The second kappa shape index (κ2) is 3.17. The van der Waals surface area contributed by atoms with E-state index in [-0.39, 0.29) is 11.5 Å². The van der Waals surface area contributed by atoms with Crippen molar-refractivity contribution in [1.29, 1.82) is 0 Å². The molecule has 0 fully saturated rings. The summed E-state index contributed by atoms with van der Waals surface area (Å²) in [6, 6.07) is 2.89. The molecule has 1 rings (SSSR count). The van der Waals surface area contributed by atoms with E-state index < -0.39 is 0 Å². The van der Waals surface area contributed by atoms with Gasteiger partial charge in [0.15, 0.2) is 23.0 Å². The lowest BCUT2D eigenvalue weighted by Gasteiger charge is -2.03. The fourth-order valence-electron chi connectivity index (χ4n) is 0.703. The number of hydrogen-bond acceptors (Lipinski definition) is 3. The molecular weight excluding hydrogens is 259 g/mol. The van der Waals surface area contributed by atoms with Gasteiger partial charge in [-0.1, -0.05) is 0 Å². The Hall–Kier alpha value is -0.650. The fraction of sp³-hybridized carbons (Fsp3) is 0.143. The van der Waals surface area contributed by atoms with E-state index in [1.807, 2.05) is 0 Å². The van der Waals surface area contributed by atoms with Gasteiger partial charge >= 0.3 is 0 Å². The monoisotopic (exact) mass is 266 g/mol. The normalized spacial score (nSPS) is 9.64. The van der Waals surface area contributed by atoms with E-state index >= 15 is 0 Å². The van der Waals surface area contributed by atoms with Gasteiger partial charge in [-0.25, -0.2) is 0 Å². The quantitative estimate of drug-likeness (QED) is 0.765. The minimum Gasteiger partial charge on any atom is -0.507 e. The third-order valence-corrected chi connectivity index (χ3v) is 1.92. The van der Waals surface area contributed by atoms with Crippen LogP contribution in [0.1, 0.15) is 5.56 Å². The topological polar surface area (TPSA) is 49.7 Å². The molecule has 0 saturated carbocycles. The highest BCUT2D eigenvalue weighted by atomic mass is 127. The Kier molecular flexibility index (Phi) is 2.43. The highest BCUT2D eigenvalue weighted by Crippen LogP contribution is 2.31. The summed E-state index contributed by atoms with van der Waals surface area (Å²) in [5, 5.41) is 18.3. The third-order valence-electron chi connectivity index (χ3n) is 1.42. The lowest BCUT2D eigenvalue weighted by Crippen LogP contribution is -1.79. The first kappa shape index (κ1) is 8.45. The Balaban J connectivity index is 3.21. The Morgan fingerprint density at radius 1 is 1.27 bits per heavy atom. The molecule has 0 bridgehead atoms. The van der Waals surface area contributed by atoms with E-state index in [1.54, 1.807) is 29.9 Å². The van der Waals surface area contributed by atoms with Crippen molar-refractivity contribution in [2.75, 3.05) is 0 Å². The first-order chi connectivity index (χ1) is 5.15. The van der Waals surface area contributed by atoms with Crippen molar-refractivity contribution in [1.82, 2.24) is 0 Å². The van der Waals surface area contributed by atoms with Crippen LogP contribution in [0.3, 0.4) is 0 Å². The molecule has 0 heterocycles. The molecule has 0 spiro atoms. The van der Waals surface area contributed by atoms with Gasteiger partial charge in [0.2, 0.25) is 0 Å². The van der Waals surface area contributed by atoms with Crippen LogP contribution < -0.4 is 3.07 Å². The van der Waals surface area contributed by atoms with Gasteiger partial charge in [0, 0.05) is 17.7 Å². The highest BCUT2D eigenvalue weighted by molar-refractivity contribution is 14.1. The zero-order chi connectivity index (χ0) is 8.43. The number of hydrogen-bond donors (Lipinski definition) is 2. The smallest absolute Gasteiger partial charge is 0.192 e. The van der Waals surface area contributed by atoms with Crippen LogP contribution in [0.2, 0.25) is 0 Å². The van der Waals surface area contributed by atoms with Gasteiger partial charge in [0.1, 0.15) is 17.2 Å². The summed E-state index contributed by atoms with van der Waals surface area (Å²) in [5.41, 5.74) is 0.460. The van der Waals surface area contributed by atoms with Gasteiger partial charge in [-0.05, 0) is 6.92 Å². The first-order valence-corrected chi connectivity index (χ1v) is 3.84. The first-order valence-electron chi connectivity index (χ1n) is 2.96. The van der Waals surface area contributed by atoms with Crippen LogP contribution in [-0.2, 0) is 0 Å². The molecule has 0 saturated heterocycles. The van der Waals surface area contributed by atoms with E-state index in [2.05, 4.69) is 0 Å². The summed E-state index contributed by atoms with van der Waals surface area (Å²) in [7, 11) is 0. The number of benzene rings is 1. The molecule has 3 nitrogen and oxygen atoms in total. The maximum absolute atomic E-state index is 9.17. The van der Waals surface area contributed by atoms with Crippen LogP contribution in [-0.4, -0.2) is 10.2 Å². The molecule has 0 aliphatic heterocycles. The van der Waals surface area contributed by atoms with Crippen LogP contribution in [0.25, 0.3) is 0 Å². The second-order valence-corrected chi connectivity index (χ2v) is 2.60. The van der Waals surface area contributed by atoms with Crippen LogP contribution in [0, 0.1) is 6.92 Å². The van der Waals surface area contributed by atoms with Gasteiger partial charge in [0.05, 0.1) is 0 Å². The molecule has 0 atom stereocenters. The molecule has 0 radical (unpaired) electrons. The second-order valence-electron chi connectivity index (χ2n) is 2.16. The third kappa shape index (κ3) is 1.68. The van der Waals surface area contributed by atoms with Crippen molar-refractivity contribution in [3.63, 3.8) is 0 Å². The largest absolute Gasteiger partial charge is 0.507 e. The molecule has 0 aliphatic rings. The predicted octanol–water partition coefficient (Wildman–Crippen LogP) is 2.14. The minimum atomic E-state index is 0.0386. The number of aromatic hydroxyl groups is 2. The average Bonchev–Trinajstić information content (AvgIpc) is 1.99. The van der Waals surface area contributed by atoms with E-state index in [9.17, 15) is 0 Å². The molecule has 4 heteroatoms. The van der Waals surface area contributed by atoms with Crippen LogP contribution in [0.5, 0.6) is 17.2 Å². The molecule has 0 aliphatic carbocycles. The van der Waals surface area contributed by atoms with E-state index in [0.717, 1.165) is 0 Å². The van der Waals surface area contributed by atoms with Crippen molar-refractivity contribution < 1.29 is 13.3 Å². The van der Waals surface area contributed by atoms with Gasteiger partial charge in [0.25, 0.3) is 0 Å². The Bertz CT molecular complexity index is 249. The summed E-state index contributed by atoms with van der Waals surface area (Å²) < 4.78 is 4.78. The molecule has 0 unspecified atom stereocenters. The standard InChI is InChI=1S/C7H7IO3/c1-4-6(9)2-5(11-8)3-7(4)10/h2-3,9-10H,1H3. The highest BCUT2D eigenvalue weighted by Gasteiger charge is 2.04. The molecule has 11 heavy (non-hydrogen) atoms. The number of phenolic OH excluding ortho intramolecular Hbond substituents is 2. The Labute approximate surface area is 78.3 Å². The maximum atomic E-state index is 9.17. The van der Waals surface area contributed by atoms with E-state index in [1.165, 1.54) is 12.1 Å². The van der Waals surface area contributed by atoms with Crippen molar-refractivity contribution in [3.8, 4) is 17.2 Å². The zero-order valence-corrected chi connectivity index (χ0v) is 7.99. The fourth-order valence-corrected chi connectivity index (χ4v) is 0.958. The van der Waals surface area contributed by atoms with Gasteiger partial charge < -0.3 is 13.3 Å². The lowest BCUT2D eigenvalue weighted by atomic mass is 10.2. The Morgan fingerprint density at radius 2 is 1.73 bits per heavy atom. The molecule has 2 N–H and O–H groups in total. The summed E-state index contributed by atoms with van der Waals surface area (Å²) in [4.78, 5) is 0. The SMILES string of the molecule is Cc1c(O)cc(OI)cc1O. The van der Waals surface area contributed by atoms with Crippen LogP contribution in [0.4, 0.5) is 0 Å².